The predicted octanol–water partition coefficient (Wildman–Crippen LogP) is 1.95. The number of hydrogen-bond donors (Lipinski definition) is 0. The van der Waals surface area contributed by atoms with Gasteiger partial charge >= 0.3 is 6.09 Å². The number of fused-ring (bicyclic) bond motifs is 2. The average molecular weight is 253 g/mol. The normalized spacial score (nSPS) is 32.5. The van der Waals surface area contributed by atoms with Crippen LogP contribution in [-0.2, 0) is 9.47 Å². The molecule has 2 fully saturated rings. The molecule has 0 saturated carbocycles. The molecule has 2 bridgehead atoms. The average Bonchev–Trinajstić information content (AvgIpc) is 2.93. The lowest BCUT2D eigenvalue weighted by Crippen LogP contribution is -2.61. The van der Waals surface area contributed by atoms with Gasteiger partial charge in [0.15, 0.2) is 5.66 Å². The second-order valence-electron chi connectivity index (χ2n) is 6.32. The lowest BCUT2D eigenvalue weighted by Gasteiger charge is -2.47. The van der Waals surface area contributed by atoms with Gasteiger partial charge in [0, 0.05) is 12.8 Å². The van der Waals surface area contributed by atoms with E-state index in [0.29, 0.717) is 13.2 Å². The fraction of sp³-hybridized carbons (Fsp3) is 0.917. The highest BCUT2D eigenvalue weighted by Crippen LogP contribution is 2.45. The van der Waals surface area contributed by atoms with Crippen LogP contribution in [0.3, 0.4) is 0 Å². The number of nitrogens with zero attached hydrogens (tertiary/aromatic N) is 3. The van der Waals surface area contributed by atoms with Gasteiger partial charge in [0.05, 0.1) is 25.3 Å². The minimum Gasteiger partial charge on any atom is -0.444 e. The van der Waals surface area contributed by atoms with E-state index in [1.165, 1.54) is 0 Å². The van der Waals surface area contributed by atoms with E-state index in [4.69, 9.17) is 9.47 Å². The summed E-state index contributed by atoms with van der Waals surface area (Å²) in [7, 11) is 0. The zero-order chi connectivity index (χ0) is 13.0. The Labute approximate surface area is 106 Å². The van der Waals surface area contributed by atoms with Crippen molar-refractivity contribution in [1.29, 1.82) is 0 Å². The summed E-state index contributed by atoms with van der Waals surface area (Å²) in [5, 5.41) is 8.27. The van der Waals surface area contributed by atoms with E-state index in [9.17, 15) is 4.79 Å². The molecule has 3 heterocycles. The molecule has 0 aromatic rings. The monoisotopic (exact) mass is 253 g/mol. The van der Waals surface area contributed by atoms with E-state index >= 15 is 0 Å². The molecular formula is C12H19N3O3. The molecule has 1 amide bonds. The maximum Gasteiger partial charge on any atom is 0.410 e. The molecule has 0 radical (unpaired) electrons. The number of piperidine rings is 1. The van der Waals surface area contributed by atoms with Gasteiger partial charge in [0.1, 0.15) is 5.60 Å². The van der Waals surface area contributed by atoms with Crippen LogP contribution in [0.25, 0.3) is 0 Å². The Morgan fingerprint density at radius 3 is 2.28 bits per heavy atom. The maximum absolute atomic E-state index is 12.2. The van der Waals surface area contributed by atoms with Gasteiger partial charge in [0.25, 0.3) is 0 Å². The summed E-state index contributed by atoms with van der Waals surface area (Å²) in [6.07, 6.45) is 1.29. The van der Waals surface area contributed by atoms with Crippen LogP contribution in [0.1, 0.15) is 33.6 Å². The van der Waals surface area contributed by atoms with E-state index in [1.54, 1.807) is 0 Å². The Morgan fingerprint density at radius 1 is 1.28 bits per heavy atom. The van der Waals surface area contributed by atoms with Crippen LogP contribution in [0.4, 0.5) is 4.79 Å². The van der Waals surface area contributed by atoms with Gasteiger partial charge in [-0.3, -0.25) is 4.90 Å². The Kier molecular flexibility index (Phi) is 2.42. The molecule has 0 aromatic carbocycles. The first-order valence-electron chi connectivity index (χ1n) is 6.42. The zero-order valence-corrected chi connectivity index (χ0v) is 11.0. The van der Waals surface area contributed by atoms with Gasteiger partial charge < -0.3 is 9.47 Å². The van der Waals surface area contributed by atoms with Gasteiger partial charge in [-0.15, -0.1) is 0 Å². The number of rotatable bonds is 0. The molecule has 0 aromatic heterocycles. The Balaban J connectivity index is 1.73. The summed E-state index contributed by atoms with van der Waals surface area (Å²) in [5.41, 5.74) is -0.673. The first-order valence-corrected chi connectivity index (χ1v) is 6.42. The fourth-order valence-corrected chi connectivity index (χ4v) is 2.80. The molecule has 1 spiro atoms. The first kappa shape index (κ1) is 11.9. The zero-order valence-electron chi connectivity index (χ0n) is 11.0. The van der Waals surface area contributed by atoms with Crippen molar-refractivity contribution in [2.45, 2.75) is 57.0 Å². The number of ether oxygens (including phenoxy) is 2. The van der Waals surface area contributed by atoms with E-state index < -0.39 is 5.60 Å². The highest BCUT2D eigenvalue weighted by molar-refractivity contribution is 5.69. The molecule has 0 aliphatic carbocycles. The largest absolute Gasteiger partial charge is 0.444 e. The van der Waals surface area contributed by atoms with Crippen molar-refractivity contribution < 1.29 is 14.3 Å². The third kappa shape index (κ3) is 2.09. The van der Waals surface area contributed by atoms with Gasteiger partial charge in [-0.25, -0.2) is 4.79 Å². The Hall–Kier alpha value is -1.17. The molecule has 100 valence electrons. The summed E-state index contributed by atoms with van der Waals surface area (Å²) >= 11 is 0. The third-order valence-electron chi connectivity index (χ3n) is 3.52. The molecule has 3 rings (SSSR count). The quantitative estimate of drug-likeness (QED) is 0.662. The van der Waals surface area contributed by atoms with Crippen LogP contribution in [0.2, 0.25) is 0 Å². The predicted molar refractivity (Wildman–Crippen MR) is 63.3 cm³/mol. The molecular weight excluding hydrogens is 234 g/mol. The Bertz CT molecular complexity index is 380. The fourth-order valence-electron chi connectivity index (χ4n) is 2.80. The molecule has 18 heavy (non-hydrogen) atoms. The molecule has 2 saturated heterocycles. The van der Waals surface area contributed by atoms with Crippen molar-refractivity contribution in [2.24, 2.45) is 10.2 Å². The topological polar surface area (TPSA) is 63.5 Å². The molecule has 3 aliphatic heterocycles. The van der Waals surface area contributed by atoms with Crippen LogP contribution >= 0.6 is 0 Å². The van der Waals surface area contributed by atoms with Crippen LogP contribution in [0.5, 0.6) is 0 Å². The number of morpholine rings is 1. The molecule has 2 atom stereocenters. The lowest BCUT2D eigenvalue weighted by molar-refractivity contribution is -0.0860. The van der Waals surface area contributed by atoms with Gasteiger partial charge in [0.2, 0.25) is 0 Å². The molecule has 3 aliphatic rings. The van der Waals surface area contributed by atoms with Gasteiger partial charge in [-0.1, -0.05) is 0 Å². The second-order valence-corrected chi connectivity index (χ2v) is 6.32. The summed E-state index contributed by atoms with van der Waals surface area (Å²) in [5.74, 6) is 0. The first-order chi connectivity index (χ1) is 8.39. The van der Waals surface area contributed by atoms with Crippen molar-refractivity contribution in [1.82, 2.24) is 4.90 Å². The number of hydrogen-bond acceptors (Lipinski definition) is 5. The van der Waals surface area contributed by atoms with Gasteiger partial charge in [-0.2, -0.15) is 10.2 Å². The summed E-state index contributed by atoms with van der Waals surface area (Å²) in [4.78, 5) is 14.1. The third-order valence-corrected chi connectivity index (χ3v) is 3.52. The van der Waals surface area contributed by atoms with E-state index in [2.05, 4.69) is 10.2 Å². The van der Waals surface area contributed by atoms with Crippen LogP contribution in [-0.4, -0.2) is 47.6 Å². The number of carbonyl (C=O) groups is 1. The highest BCUT2D eigenvalue weighted by Gasteiger charge is 2.54. The van der Waals surface area contributed by atoms with Crippen LogP contribution in [0, 0.1) is 0 Å². The number of carbonyl (C=O) groups excluding carboxylic acids is 1. The molecule has 2 unspecified atom stereocenters. The highest BCUT2D eigenvalue weighted by atomic mass is 16.6. The maximum atomic E-state index is 12.2. The SMILES string of the molecule is CC(C)(C)OC(=O)N1C2COCC1CC1(C2)N=N1. The van der Waals surface area contributed by atoms with Crippen molar-refractivity contribution in [3.63, 3.8) is 0 Å². The van der Waals surface area contributed by atoms with Crippen molar-refractivity contribution >= 4 is 6.09 Å². The van der Waals surface area contributed by atoms with E-state index in [0.717, 1.165) is 12.8 Å². The van der Waals surface area contributed by atoms with E-state index in [1.807, 2.05) is 25.7 Å². The molecule has 6 nitrogen and oxygen atoms in total. The smallest absolute Gasteiger partial charge is 0.410 e. The minimum absolute atomic E-state index is 0.0438. The Morgan fingerprint density at radius 2 is 1.83 bits per heavy atom. The molecule has 0 N–H and O–H groups in total. The standard InChI is InChI=1S/C12H19N3O3/c1-11(2,3)18-10(16)15-8-4-12(13-14-12)5-9(15)7-17-6-8/h8-9H,4-7H2,1-3H3. The summed E-state index contributed by atoms with van der Waals surface area (Å²) in [6, 6.07) is 0.0877. The number of amides is 1. The van der Waals surface area contributed by atoms with Crippen molar-refractivity contribution in [3.8, 4) is 0 Å². The van der Waals surface area contributed by atoms with Crippen LogP contribution in [0.15, 0.2) is 10.2 Å². The lowest BCUT2D eigenvalue weighted by atomic mass is 9.88. The minimum atomic E-state index is -0.463. The van der Waals surface area contributed by atoms with E-state index in [-0.39, 0.29) is 23.8 Å². The summed E-state index contributed by atoms with van der Waals surface area (Å²) in [6.45, 7) is 6.77. The molecule has 6 heteroatoms. The van der Waals surface area contributed by atoms with Gasteiger partial charge in [-0.05, 0) is 20.8 Å². The summed E-state index contributed by atoms with van der Waals surface area (Å²) < 4.78 is 11.0. The van der Waals surface area contributed by atoms with Crippen LogP contribution < -0.4 is 0 Å². The van der Waals surface area contributed by atoms with Crippen molar-refractivity contribution in [3.05, 3.63) is 0 Å². The van der Waals surface area contributed by atoms with Crippen molar-refractivity contribution in [2.75, 3.05) is 13.2 Å². The second kappa shape index (κ2) is 3.66.